The fourth-order valence-corrected chi connectivity index (χ4v) is 3.27. The zero-order valence-electron chi connectivity index (χ0n) is 11.9. The molecular weight excluding hydrogens is 208 g/mol. The number of rotatable bonds is 6. The van der Waals surface area contributed by atoms with E-state index in [9.17, 15) is 0 Å². The highest BCUT2D eigenvalue weighted by molar-refractivity contribution is 4.88. The predicted octanol–water partition coefficient (Wildman–Crippen LogP) is 2.89. The van der Waals surface area contributed by atoms with Crippen molar-refractivity contribution in [3.8, 4) is 0 Å². The molecule has 0 aromatic carbocycles. The van der Waals surface area contributed by atoms with Crippen molar-refractivity contribution in [3.05, 3.63) is 0 Å². The topological polar surface area (TPSA) is 15.3 Å². The van der Waals surface area contributed by atoms with Crippen LogP contribution in [0.25, 0.3) is 0 Å². The summed E-state index contributed by atoms with van der Waals surface area (Å²) >= 11 is 0. The highest BCUT2D eigenvalue weighted by Crippen LogP contribution is 2.39. The first-order valence-electron chi connectivity index (χ1n) is 7.64. The second-order valence-electron chi connectivity index (χ2n) is 6.38. The molecule has 0 heterocycles. The minimum atomic E-state index is 0.785. The standard InChI is InChI=1S/C15H30N2/c1-4-8-16-14-6-5-7-15(10-14)17(3)11-13-9-12(13)2/h12-16H,4-11H2,1-3H3. The van der Waals surface area contributed by atoms with Crippen LogP contribution in [-0.4, -0.2) is 37.1 Å². The van der Waals surface area contributed by atoms with E-state index in [2.05, 4.69) is 31.1 Å². The summed E-state index contributed by atoms with van der Waals surface area (Å²) in [7, 11) is 2.35. The minimum absolute atomic E-state index is 0.785. The van der Waals surface area contributed by atoms with Gasteiger partial charge in [0.15, 0.2) is 0 Å². The Morgan fingerprint density at radius 3 is 2.65 bits per heavy atom. The Morgan fingerprint density at radius 2 is 2.00 bits per heavy atom. The van der Waals surface area contributed by atoms with E-state index in [1.807, 2.05) is 0 Å². The van der Waals surface area contributed by atoms with Crippen molar-refractivity contribution in [2.45, 2.75) is 64.5 Å². The molecule has 1 N–H and O–H groups in total. The molecule has 2 nitrogen and oxygen atoms in total. The second-order valence-corrected chi connectivity index (χ2v) is 6.38. The van der Waals surface area contributed by atoms with Crippen molar-refractivity contribution in [2.24, 2.45) is 11.8 Å². The molecule has 0 spiro atoms. The summed E-state index contributed by atoms with van der Waals surface area (Å²) in [5, 5.41) is 3.71. The van der Waals surface area contributed by atoms with Gasteiger partial charge in [-0.25, -0.2) is 0 Å². The van der Waals surface area contributed by atoms with Gasteiger partial charge in [-0.05, 0) is 57.5 Å². The maximum atomic E-state index is 3.71. The fourth-order valence-electron chi connectivity index (χ4n) is 3.27. The highest BCUT2D eigenvalue weighted by Gasteiger charge is 2.35. The molecule has 4 atom stereocenters. The molecule has 0 saturated heterocycles. The second kappa shape index (κ2) is 6.19. The molecule has 0 aliphatic heterocycles. The van der Waals surface area contributed by atoms with E-state index in [-0.39, 0.29) is 0 Å². The van der Waals surface area contributed by atoms with Gasteiger partial charge in [-0.15, -0.1) is 0 Å². The van der Waals surface area contributed by atoms with Crippen molar-refractivity contribution in [3.63, 3.8) is 0 Å². The summed E-state index contributed by atoms with van der Waals surface area (Å²) in [6.07, 6.45) is 8.32. The Labute approximate surface area is 107 Å². The summed E-state index contributed by atoms with van der Waals surface area (Å²) in [6, 6.07) is 1.62. The third-order valence-electron chi connectivity index (χ3n) is 4.75. The average molecular weight is 238 g/mol. The minimum Gasteiger partial charge on any atom is -0.314 e. The Bertz CT molecular complexity index is 229. The summed E-state index contributed by atoms with van der Waals surface area (Å²) in [5.41, 5.74) is 0. The smallest absolute Gasteiger partial charge is 0.0107 e. The number of hydrogen-bond acceptors (Lipinski definition) is 2. The summed E-state index contributed by atoms with van der Waals surface area (Å²) < 4.78 is 0. The van der Waals surface area contributed by atoms with Crippen LogP contribution in [-0.2, 0) is 0 Å². The quantitative estimate of drug-likeness (QED) is 0.765. The predicted molar refractivity (Wildman–Crippen MR) is 74.2 cm³/mol. The van der Waals surface area contributed by atoms with Gasteiger partial charge in [0, 0.05) is 18.6 Å². The van der Waals surface area contributed by atoms with E-state index in [0.717, 1.165) is 23.9 Å². The van der Waals surface area contributed by atoms with Gasteiger partial charge in [0.2, 0.25) is 0 Å². The number of nitrogens with one attached hydrogen (secondary N) is 1. The van der Waals surface area contributed by atoms with Crippen molar-refractivity contribution in [1.82, 2.24) is 10.2 Å². The van der Waals surface area contributed by atoms with Gasteiger partial charge in [0.05, 0.1) is 0 Å². The molecule has 2 aliphatic rings. The molecule has 0 aromatic heterocycles. The molecule has 0 aromatic rings. The Kier molecular flexibility index (Phi) is 4.87. The zero-order chi connectivity index (χ0) is 12.3. The molecule has 2 aliphatic carbocycles. The molecule has 0 radical (unpaired) electrons. The molecule has 100 valence electrons. The molecular formula is C15H30N2. The van der Waals surface area contributed by atoms with Crippen LogP contribution in [0.2, 0.25) is 0 Å². The average Bonchev–Trinajstić information content (AvgIpc) is 3.02. The van der Waals surface area contributed by atoms with Gasteiger partial charge in [-0.3, -0.25) is 0 Å². The molecule has 2 fully saturated rings. The van der Waals surface area contributed by atoms with Gasteiger partial charge in [-0.1, -0.05) is 20.3 Å². The lowest BCUT2D eigenvalue weighted by Crippen LogP contribution is -2.43. The van der Waals surface area contributed by atoms with Gasteiger partial charge >= 0.3 is 0 Å². The van der Waals surface area contributed by atoms with Gasteiger partial charge in [0.1, 0.15) is 0 Å². The van der Waals surface area contributed by atoms with Crippen molar-refractivity contribution < 1.29 is 0 Å². The maximum absolute atomic E-state index is 3.71. The molecule has 4 unspecified atom stereocenters. The van der Waals surface area contributed by atoms with E-state index >= 15 is 0 Å². The van der Waals surface area contributed by atoms with Crippen LogP contribution in [0.4, 0.5) is 0 Å². The van der Waals surface area contributed by atoms with Gasteiger partial charge in [0.25, 0.3) is 0 Å². The third-order valence-corrected chi connectivity index (χ3v) is 4.75. The maximum Gasteiger partial charge on any atom is 0.0107 e. The summed E-state index contributed by atoms with van der Waals surface area (Å²) in [5.74, 6) is 2.00. The van der Waals surface area contributed by atoms with Crippen LogP contribution >= 0.6 is 0 Å². The van der Waals surface area contributed by atoms with E-state index < -0.39 is 0 Å². The van der Waals surface area contributed by atoms with Crippen LogP contribution in [0.3, 0.4) is 0 Å². The van der Waals surface area contributed by atoms with Crippen molar-refractivity contribution in [2.75, 3.05) is 20.1 Å². The van der Waals surface area contributed by atoms with Crippen LogP contribution in [0.5, 0.6) is 0 Å². The first-order valence-corrected chi connectivity index (χ1v) is 7.64. The molecule has 2 rings (SSSR count). The number of nitrogens with zero attached hydrogens (tertiary/aromatic N) is 1. The number of hydrogen-bond donors (Lipinski definition) is 1. The van der Waals surface area contributed by atoms with E-state index in [0.29, 0.717) is 0 Å². The first-order chi connectivity index (χ1) is 8.20. The molecule has 0 amide bonds. The Balaban J connectivity index is 1.71. The van der Waals surface area contributed by atoms with Crippen LogP contribution in [0.15, 0.2) is 0 Å². The largest absolute Gasteiger partial charge is 0.314 e. The van der Waals surface area contributed by atoms with Crippen LogP contribution in [0.1, 0.15) is 52.4 Å². The van der Waals surface area contributed by atoms with Gasteiger partial charge in [-0.2, -0.15) is 0 Å². The van der Waals surface area contributed by atoms with Crippen LogP contribution < -0.4 is 5.32 Å². The third kappa shape index (κ3) is 3.96. The van der Waals surface area contributed by atoms with Crippen molar-refractivity contribution >= 4 is 0 Å². The van der Waals surface area contributed by atoms with Crippen molar-refractivity contribution in [1.29, 1.82) is 0 Å². The van der Waals surface area contributed by atoms with E-state index in [1.54, 1.807) is 0 Å². The molecule has 2 heteroatoms. The van der Waals surface area contributed by atoms with Gasteiger partial charge < -0.3 is 10.2 Å². The lowest BCUT2D eigenvalue weighted by atomic mass is 9.90. The Morgan fingerprint density at radius 1 is 1.24 bits per heavy atom. The highest BCUT2D eigenvalue weighted by atomic mass is 15.1. The van der Waals surface area contributed by atoms with E-state index in [1.165, 1.54) is 51.6 Å². The monoisotopic (exact) mass is 238 g/mol. The fraction of sp³-hybridized carbons (Fsp3) is 1.00. The Hall–Kier alpha value is -0.0800. The summed E-state index contributed by atoms with van der Waals surface area (Å²) in [4.78, 5) is 2.65. The molecule has 0 bridgehead atoms. The summed E-state index contributed by atoms with van der Waals surface area (Å²) in [6.45, 7) is 7.19. The SMILES string of the molecule is CCCNC1CCCC(N(C)CC2CC2C)C1. The lowest BCUT2D eigenvalue weighted by Gasteiger charge is -2.36. The normalized spacial score (nSPS) is 37.4. The molecule has 17 heavy (non-hydrogen) atoms. The molecule has 2 saturated carbocycles. The van der Waals surface area contributed by atoms with E-state index in [4.69, 9.17) is 0 Å². The van der Waals surface area contributed by atoms with Crippen LogP contribution in [0, 0.1) is 11.8 Å². The first kappa shape index (κ1) is 13.4. The lowest BCUT2D eigenvalue weighted by molar-refractivity contribution is 0.162. The zero-order valence-corrected chi connectivity index (χ0v) is 11.9.